The molecule has 0 saturated carbocycles. The van der Waals surface area contributed by atoms with Gasteiger partial charge in [-0.05, 0) is 29.8 Å². The maximum absolute atomic E-state index is 13.6. The molecule has 0 aliphatic rings. The van der Waals surface area contributed by atoms with Crippen LogP contribution in [0.1, 0.15) is 5.56 Å². The maximum Gasteiger partial charge on any atom is 0.262 e. The van der Waals surface area contributed by atoms with E-state index in [4.69, 9.17) is 10.5 Å². The molecule has 0 aromatic heterocycles. The lowest BCUT2D eigenvalue weighted by atomic mass is 10.2. The van der Waals surface area contributed by atoms with E-state index in [9.17, 15) is 12.8 Å². The summed E-state index contributed by atoms with van der Waals surface area (Å²) in [5, 5.41) is 0. The van der Waals surface area contributed by atoms with Gasteiger partial charge in [0.1, 0.15) is 0 Å². The Balaban J connectivity index is 2.36. The number of rotatable bonds is 5. The summed E-state index contributed by atoms with van der Waals surface area (Å²) in [7, 11) is -2.59. The van der Waals surface area contributed by atoms with E-state index in [1.165, 1.54) is 19.2 Å². The Morgan fingerprint density at radius 2 is 1.95 bits per heavy atom. The number of benzene rings is 2. The molecule has 0 radical (unpaired) electrons. The SMILES string of the molecule is COc1ccc(S(=O)(=O)Nc2ccccc2CN)cc1F. The highest BCUT2D eigenvalue weighted by atomic mass is 32.2. The first-order valence-corrected chi connectivity index (χ1v) is 7.60. The van der Waals surface area contributed by atoms with Gasteiger partial charge in [-0.25, -0.2) is 12.8 Å². The number of hydrogen-bond donors (Lipinski definition) is 2. The second kappa shape index (κ2) is 6.11. The molecule has 0 aliphatic heterocycles. The minimum Gasteiger partial charge on any atom is -0.494 e. The molecule has 0 atom stereocenters. The molecule has 2 aromatic carbocycles. The highest BCUT2D eigenvalue weighted by molar-refractivity contribution is 7.92. The Labute approximate surface area is 122 Å². The van der Waals surface area contributed by atoms with Gasteiger partial charge < -0.3 is 10.5 Å². The van der Waals surface area contributed by atoms with Gasteiger partial charge in [0.05, 0.1) is 17.7 Å². The van der Waals surface area contributed by atoms with Crippen LogP contribution >= 0.6 is 0 Å². The number of halogens is 1. The van der Waals surface area contributed by atoms with Gasteiger partial charge in [0, 0.05) is 6.54 Å². The summed E-state index contributed by atoms with van der Waals surface area (Å²) in [5.74, 6) is -0.760. The molecule has 0 unspecified atom stereocenters. The first-order valence-electron chi connectivity index (χ1n) is 6.12. The Bertz CT molecular complexity index is 748. The van der Waals surface area contributed by atoms with Crippen molar-refractivity contribution >= 4 is 15.7 Å². The van der Waals surface area contributed by atoms with Crippen molar-refractivity contribution in [3.63, 3.8) is 0 Å². The molecule has 0 bridgehead atoms. The Hall–Kier alpha value is -2.12. The lowest BCUT2D eigenvalue weighted by molar-refractivity contribution is 0.385. The molecule has 3 N–H and O–H groups in total. The monoisotopic (exact) mass is 310 g/mol. The van der Waals surface area contributed by atoms with Crippen LogP contribution in [0.3, 0.4) is 0 Å². The standard InChI is InChI=1S/C14H15FN2O3S/c1-20-14-7-6-11(8-12(14)15)21(18,19)17-13-5-3-2-4-10(13)9-16/h2-8,17H,9,16H2,1H3. The fourth-order valence-corrected chi connectivity index (χ4v) is 2.93. The summed E-state index contributed by atoms with van der Waals surface area (Å²) in [6, 6.07) is 10.2. The molecule has 0 saturated heterocycles. The summed E-state index contributed by atoms with van der Waals surface area (Å²) in [6.07, 6.45) is 0. The van der Waals surface area contributed by atoms with Gasteiger partial charge in [-0.2, -0.15) is 0 Å². The van der Waals surface area contributed by atoms with Gasteiger partial charge in [-0.1, -0.05) is 18.2 Å². The summed E-state index contributed by atoms with van der Waals surface area (Å²) in [4.78, 5) is -0.187. The zero-order valence-electron chi connectivity index (χ0n) is 11.3. The highest BCUT2D eigenvalue weighted by Crippen LogP contribution is 2.23. The molecule has 5 nitrogen and oxygen atoms in total. The average Bonchev–Trinajstić information content (AvgIpc) is 2.47. The average molecular weight is 310 g/mol. The van der Waals surface area contributed by atoms with Crippen molar-refractivity contribution in [2.45, 2.75) is 11.4 Å². The largest absolute Gasteiger partial charge is 0.494 e. The van der Waals surface area contributed by atoms with Crippen molar-refractivity contribution in [2.24, 2.45) is 5.73 Å². The van der Waals surface area contributed by atoms with Crippen molar-refractivity contribution in [1.82, 2.24) is 0 Å². The molecule has 112 valence electrons. The van der Waals surface area contributed by atoms with Gasteiger partial charge >= 0.3 is 0 Å². The molecule has 21 heavy (non-hydrogen) atoms. The van der Waals surface area contributed by atoms with Crippen LogP contribution in [0.4, 0.5) is 10.1 Å². The summed E-state index contributed by atoms with van der Waals surface area (Å²) in [6.45, 7) is 0.190. The van der Waals surface area contributed by atoms with Crippen molar-refractivity contribution in [3.8, 4) is 5.75 Å². The quantitative estimate of drug-likeness (QED) is 0.886. The minimum atomic E-state index is -3.89. The second-order valence-corrected chi connectivity index (χ2v) is 5.95. The van der Waals surface area contributed by atoms with Crippen LogP contribution in [0.25, 0.3) is 0 Å². The minimum absolute atomic E-state index is 0.0173. The van der Waals surface area contributed by atoms with E-state index in [0.29, 0.717) is 11.3 Å². The highest BCUT2D eigenvalue weighted by Gasteiger charge is 2.17. The van der Waals surface area contributed by atoms with Crippen LogP contribution in [0.5, 0.6) is 5.75 Å². The molecule has 0 heterocycles. The molecule has 2 aromatic rings. The Morgan fingerprint density at radius 1 is 1.24 bits per heavy atom. The van der Waals surface area contributed by atoms with E-state index in [0.717, 1.165) is 6.07 Å². The third kappa shape index (κ3) is 3.32. The number of sulfonamides is 1. The number of hydrogen-bond acceptors (Lipinski definition) is 4. The van der Waals surface area contributed by atoms with Crippen LogP contribution in [-0.2, 0) is 16.6 Å². The second-order valence-electron chi connectivity index (χ2n) is 4.26. The fourth-order valence-electron chi connectivity index (χ4n) is 1.82. The van der Waals surface area contributed by atoms with Crippen LogP contribution in [0.15, 0.2) is 47.4 Å². The van der Waals surface area contributed by atoms with Gasteiger partial charge in [0.15, 0.2) is 11.6 Å². The predicted octanol–water partition coefficient (Wildman–Crippen LogP) is 2.09. The van der Waals surface area contributed by atoms with Crippen molar-refractivity contribution in [3.05, 3.63) is 53.8 Å². The van der Waals surface area contributed by atoms with E-state index >= 15 is 0 Å². The molecule has 0 spiro atoms. The molecular weight excluding hydrogens is 295 g/mol. The smallest absolute Gasteiger partial charge is 0.262 e. The third-order valence-corrected chi connectivity index (χ3v) is 4.28. The first kappa shape index (κ1) is 15.3. The third-order valence-electron chi connectivity index (χ3n) is 2.92. The summed E-state index contributed by atoms with van der Waals surface area (Å²) < 4.78 is 45.3. The predicted molar refractivity (Wildman–Crippen MR) is 78.1 cm³/mol. The zero-order valence-corrected chi connectivity index (χ0v) is 12.2. The van der Waals surface area contributed by atoms with Gasteiger partial charge in [-0.15, -0.1) is 0 Å². The molecule has 0 fully saturated rings. The molecule has 2 rings (SSSR count). The number of anilines is 1. The van der Waals surface area contributed by atoms with E-state index in [1.807, 2.05) is 0 Å². The first-order chi connectivity index (χ1) is 9.97. The molecule has 7 heteroatoms. The van der Waals surface area contributed by atoms with Gasteiger partial charge in [0.25, 0.3) is 10.0 Å². The van der Waals surface area contributed by atoms with E-state index in [-0.39, 0.29) is 17.2 Å². The van der Waals surface area contributed by atoms with Crippen molar-refractivity contribution < 1.29 is 17.5 Å². The maximum atomic E-state index is 13.6. The van der Waals surface area contributed by atoms with Crippen LogP contribution < -0.4 is 15.2 Å². The van der Waals surface area contributed by atoms with Crippen molar-refractivity contribution in [1.29, 1.82) is 0 Å². The van der Waals surface area contributed by atoms with Crippen LogP contribution in [0.2, 0.25) is 0 Å². The van der Waals surface area contributed by atoms with E-state index < -0.39 is 15.8 Å². The van der Waals surface area contributed by atoms with Gasteiger partial charge in [0.2, 0.25) is 0 Å². The fraction of sp³-hybridized carbons (Fsp3) is 0.143. The lowest BCUT2D eigenvalue weighted by Gasteiger charge is -2.12. The Kier molecular flexibility index (Phi) is 4.44. The number of methoxy groups -OCH3 is 1. The van der Waals surface area contributed by atoms with E-state index in [1.54, 1.807) is 24.3 Å². The topological polar surface area (TPSA) is 81.4 Å². The summed E-state index contributed by atoms with van der Waals surface area (Å²) in [5.41, 5.74) is 6.58. The number of nitrogens with one attached hydrogen (secondary N) is 1. The zero-order chi connectivity index (χ0) is 15.5. The number of nitrogens with two attached hydrogens (primary N) is 1. The Morgan fingerprint density at radius 3 is 2.57 bits per heavy atom. The van der Waals surface area contributed by atoms with E-state index in [2.05, 4.69) is 4.72 Å². The summed E-state index contributed by atoms with van der Waals surface area (Å²) >= 11 is 0. The van der Waals surface area contributed by atoms with Crippen LogP contribution in [-0.4, -0.2) is 15.5 Å². The number of ether oxygens (including phenoxy) is 1. The number of para-hydroxylation sites is 1. The van der Waals surface area contributed by atoms with Crippen LogP contribution in [0, 0.1) is 5.82 Å². The normalized spacial score (nSPS) is 11.2. The lowest BCUT2D eigenvalue weighted by Crippen LogP contribution is -2.15. The molecule has 0 aliphatic carbocycles. The van der Waals surface area contributed by atoms with Crippen molar-refractivity contribution in [2.75, 3.05) is 11.8 Å². The van der Waals surface area contributed by atoms with Gasteiger partial charge in [-0.3, -0.25) is 4.72 Å². The molecular formula is C14H15FN2O3S. The molecule has 0 amide bonds.